The van der Waals surface area contributed by atoms with Crippen molar-refractivity contribution < 1.29 is 22.4 Å². The quantitative estimate of drug-likeness (QED) is 0.491. The van der Waals surface area contributed by atoms with Gasteiger partial charge in [0.1, 0.15) is 6.54 Å². The lowest BCUT2D eigenvalue weighted by molar-refractivity contribution is -0.141. The maximum Gasteiger partial charge on any atom is 0.436 e. The maximum absolute atomic E-state index is 13.7. The van der Waals surface area contributed by atoms with E-state index in [1.165, 1.54) is 13.1 Å². The molecule has 1 N–H and O–H groups in total. The summed E-state index contributed by atoms with van der Waals surface area (Å²) in [7, 11) is 0. The number of amides is 1. The molecule has 0 fully saturated rings. The summed E-state index contributed by atoms with van der Waals surface area (Å²) in [5, 5.41) is 10.0. The van der Waals surface area contributed by atoms with Crippen LogP contribution < -0.4 is 5.43 Å². The first-order chi connectivity index (χ1) is 11.6. The Kier molecular flexibility index (Phi) is 5.45. The fraction of sp³-hybridized carbons (Fsp3) is 0.385. The smallest absolute Gasteiger partial charge is 0.271 e. The third kappa shape index (κ3) is 4.16. The van der Waals surface area contributed by atoms with E-state index in [-0.39, 0.29) is 11.3 Å². The van der Waals surface area contributed by atoms with Crippen molar-refractivity contribution in [2.45, 2.75) is 33.1 Å². The summed E-state index contributed by atoms with van der Waals surface area (Å²) in [6.07, 6.45) is -2.46. The van der Waals surface area contributed by atoms with Gasteiger partial charge in [-0.1, -0.05) is 11.6 Å². The van der Waals surface area contributed by atoms with Crippen LogP contribution in [0, 0.1) is 12.9 Å². The zero-order valence-electron chi connectivity index (χ0n) is 13.1. The number of hydrogen-bond donors (Lipinski definition) is 1. The van der Waals surface area contributed by atoms with Crippen LogP contribution in [0.3, 0.4) is 0 Å². The number of carbonyl (C=O) groups excluding carboxylic acids is 1. The van der Waals surface area contributed by atoms with Crippen molar-refractivity contribution in [2.24, 2.45) is 5.10 Å². The average Bonchev–Trinajstić information content (AvgIpc) is 3.02. The second-order valence-corrected chi connectivity index (χ2v) is 5.28. The van der Waals surface area contributed by atoms with E-state index in [4.69, 9.17) is 11.6 Å². The molecule has 1 amide bonds. The van der Waals surface area contributed by atoms with Crippen LogP contribution in [-0.4, -0.2) is 31.7 Å². The molecular weight excluding hydrogens is 368 g/mol. The van der Waals surface area contributed by atoms with Crippen LogP contribution in [0.1, 0.15) is 23.9 Å². The third-order valence-electron chi connectivity index (χ3n) is 3.19. The lowest BCUT2D eigenvalue weighted by Crippen LogP contribution is -2.24. The van der Waals surface area contributed by atoms with Gasteiger partial charge < -0.3 is 0 Å². The van der Waals surface area contributed by atoms with Gasteiger partial charge in [0.15, 0.2) is 5.69 Å². The predicted molar refractivity (Wildman–Crippen MR) is 80.6 cm³/mol. The summed E-state index contributed by atoms with van der Waals surface area (Å²) in [4.78, 5) is 11.7. The van der Waals surface area contributed by atoms with Gasteiger partial charge in [0.05, 0.1) is 28.7 Å². The fourth-order valence-corrected chi connectivity index (χ4v) is 2.14. The molecule has 0 atom stereocenters. The van der Waals surface area contributed by atoms with Gasteiger partial charge in [0.2, 0.25) is 5.95 Å². The molecule has 0 unspecified atom stereocenters. The molecule has 0 aliphatic heterocycles. The Morgan fingerprint density at radius 3 is 2.64 bits per heavy atom. The van der Waals surface area contributed by atoms with Crippen molar-refractivity contribution in [3.8, 4) is 0 Å². The highest BCUT2D eigenvalue weighted by Crippen LogP contribution is 2.35. The molecule has 25 heavy (non-hydrogen) atoms. The first-order valence-electron chi connectivity index (χ1n) is 6.98. The van der Waals surface area contributed by atoms with E-state index < -0.39 is 35.3 Å². The van der Waals surface area contributed by atoms with Crippen LogP contribution in [0.2, 0.25) is 5.02 Å². The molecule has 0 aliphatic carbocycles. The summed E-state index contributed by atoms with van der Waals surface area (Å²) in [5.41, 5.74) is 0.848. The number of carbonyl (C=O) groups is 1. The van der Waals surface area contributed by atoms with E-state index in [9.17, 15) is 22.4 Å². The number of hydrazone groups is 1. The van der Waals surface area contributed by atoms with E-state index >= 15 is 0 Å². The van der Waals surface area contributed by atoms with Crippen molar-refractivity contribution >= 4 is 23.7 Å². The molecule has 0 saturated heterocycles. The van der Waals surface area contributed by atoms with Crippen molar-refractivity contribution in [1.29, 1.82) is 0 Å². The van der Waals surface area contributed by atoms with Gasteiger partial charge in [-0.3, -0.25) is 9.48 Å². The summed E-state index contributed by atoms with van der Waals surface area (Å²) >= 11 is 5.58. The lowest BCUT2D eigenvalue weighted by atomic mass is 10.3. The first-order valence-corrected chi connectivity index (χ1v) is 7.36. The molecule has 0 bridgehead atoms. The molecule has 136 valence electrons. The minimum atomic E-state index is -4.72. The largest absolute Gasteiger partial charge is 0.436 e. The lowest BCUT2D eigenvalue weighted by Gasteiger charge is -2.03. The zero-order chi connectivity index (χ0) is 18.8. The Hall–Kier alpha value is -2.43. The van der Waals surface area contributed by atoms with Gasteiger partial charge in [0.25, 0.3) is 5.91 Å². The highest BCUT2D eigenvalue weighted by molar-refractivity contribution is 6.32. The van der Waals surface area contributed by atoms with Crippen molar-refractivity contribution in [3.63, 3.8) is 0 Å². The van der Waals surface area contributed by atoms with Crippen LogP contribution in [0.5, 0.6) is 0 Å². The van der Waals surface area contributed by atoms with E-state index in [0.717, 1.165) is 15.6 Å². The fourth-order valence-electron chi connectivity index (χ4n) is 1.90. The van der Waals surface area contributed by atoms with Crippen LogP contribution in [-0.2, 0) is 24.1 Å². The van der Waals surface area contributed by atoms with Crippen LogP contribution in [0.25, 0.3) is 0 Å². The minimum Gasteiger partial charge on any atom is -0.271 e. The number of nitrogens with one attached hydrogen (secondary N) is 1. The molecule has 0 aromatic carbocycles. The highest BCUT2D eigenvalue weighted by atomic mass is 35.5. The standard InChI is InChI=1S/C13H13ClF4N6O/c1-3-23-12(15)8(5-20-23)4-19-21-9(25)6-24-7(2)10(14)11(22-24)13(16,17)18/h4-5H,3,6H2,1-2H3,(H,21,25)/b19-4+. The average molecular weight is 381 g/mol. The Bertz CT molecular complexity index is 810. The number of aryl methyl sites for hydroxylation is 1. The van der Waals surface area contributed by atoms with Gasteiger partial charge >= 0.3 is 6.18 Å². The Morgan fingerprint density at radius 2 is 2.12 bits per heavy atom. The summed E-state index contributed by atoms with van der Waals surface area (Å²) in [6, 6.07) is 0. The normalized spacial score (nSPS) is 12.1. The monoisotopic (exact) mass is 380 g/mol. The van der Waals surface area contributed by atoms with Gasteiger partial charge in [0, 0.05) is 6.54 Å². The zero-order valence-corrected chi connectivity index (χ0v) is 13.9. The molecule has 0 spiro atoms. The Balaban J connectivity index is 2.03. The highest BCUT2D eigenvalue weighted by Gasteiger charge is 2.38. The van der Waals surface area contributed by atoms with Crippen LogP contribution in [0.4, 0.5) is 17.6 Å². The number of rotatable bonds is 5. The molecule has 12 heteroatoms. The van der Waals surface area contributed by atoms with Crippen LogP contribution in [0.15, 0.2) is 11.3 Å². The predicted octanol–water partition coefficient (Wildman–Crippen LogP) is 2.37. The van der Waals surface area contributed by atoms with Gasteiger partial charge in [-0.2, -0.15) is 32.9 Å². The van der Waals surface area contributed by atoms with Gasteiger partial charge in [-0.15, -0.1) is 0 Å². The third-order valence-corrected chi connectivity index (χ3v) is 3.64. The number of nitrogens with zero attached hydrogens (tertiary/aromatic N) is 5. The second-order valence-electron chi connectivity index (χ2n) is 4.90. The summed E-state index contributed by atoms with van der Waals surface area (Å²) < 4.78 is 53.7. The molecule has 2 aromatic rings. The second kappa shape index (κ2) is 7.21. The molecule has 2 rings (SSSR count). The van der Waals surface area contributed by atoms with E-state index in [2.05, 4.69) is 20.7 Å². The van der Waals surface area contributed by atoms with Crippen molar-refractivity contribution in [2.75, 3.05) is 0 Å². The summed E-state index contributed by atoms with van der Waals surface area (Å²) in [5.74, 6) is -1.37. The minimum absolute atomic E-state index is 0.0108. The molecule has 0 radical (unpaired) electrons. The molecule has 7 nitrogen and oxygen atoms in total. The first kappa shape index (κ1) is 18.9. The number of halogens is 5. The van der Waals surface area contributed by atoms with Crippen molar-refractivity contribution in [1.82, 2.24) is 25.0 Å². The van der Waals surface area contributed by atoms with E-state index in [0.29, 0.717) is 6.54 Å². The molecular formula is C13H13ClF4N6O. The van der Waals surface area contributed by atoms with Gasteiger partial charge in [-0.25, -0.2) is 10.1 Å². The molecule has 0 saturated carbocycles. The van der Waals surface area contributed by atoms with Gasteiger partial charge in [-0.05, 0) is 13.8 Å². The SMILES string of the molecule is CCn1ncc(/C=N/NC(=O)Cn2nc(C(F)(F)F)c(Cl)c2C)c1F. The molecule has 2 aromatic heterocycles. The summed E-state index contributed by atoms with van der Waals surface area (Å²) in [6.45, 7) is 2.80. The Labute approximate surface area is 144 Å². The van der Waals surface area contributed by atoms with Crippen molar-refractivity contribution in [3.05, 3.63) is 34.1 Å². The Morgan fingerprint density at radius 1 is 1.44 bits per heavy atom. The van der Waals surface area contributed by atoms with E-state index in [1.54, 1.807) is 6.92 Å². The molecule has 2 heterocycles. The number of hydrogen-bond acceptors (Lipinski definition) is 4. The number of alkyl halides is 3. The van der Waals surface area contributed by atoms with Crippen LogP contribution >= 0.6 is 11.6 Å². The topological polar surface area (TPSA) is 77.1 Å². The van der Waals surface area contributed by atoms with E-state index in [1.807, 2.05) is 0 Å². The maximum atomic E-state index is 13.7. The number of aromatic nitrogens is 4. The molecule has 0 aliphatic rings.